The van der Waals surface area contributed by atoms with Gasteiger partial charge >= 0.3 is 5.97 Å². The molecular formula is C22H28N6O3. The molecule has 4 rings (SSSR count). The number of esters is 1. The molecule has 4 heterocycles. The minimum absolute atomic E-state index is 0.178. The van der Waals surface area contributed by atoms with Crippen molar-refractivity contribution in [2.45, 2.75) is 38.8 Å². The van der Waals surface area contributed by atoms with E-state index in [9.17, 15) is 4.79 Å². The van der Waals surface area contributed by atoms with Crippen molar-refractivity contribution < 1.29 is 14.3 Å². The molecule has 0 saturated carbocycles. The summed E-state index contributed by atoms with van der Waals surface area (Å²) in [7, 11) is 3.14. The number of piperidine rings is 1. The van der Waals surface area contributed by atoms with Gasteiger partial charge in [0.05, 0.1) is 24.3 Å². The number of nitrogens with one attached hydrogen (secondary N) is 1. The fourth-order valence-corrected chi connectivity index (χ4v) is 3.91. The van der Waals surface area contributed by atoms with Crippen LogP contribution in [0.2, 0.25) is 0 Å². The zero-order valence-corrected chi connectivity index (χ0v) is 18.3. The van der Waals surface area contributed by atoms with Crippen molar-refractivity contribution in [1.29, 1.82) is 0 Å². The molecule has 1 N–H and O–H groups in total. The lowest BCUT2D eigenvalue weighted by Gasteiger charge is -2.31. The average molecular weight is 425 g/mol. The van der Waals surface area contributed by atoms with Crippen LogP contribution >= 0.6 is 0 Å². The van der Waals surface area contributed by atoms with Crippen molar-refractivity contribution in [3.8, 4) is 0 Å². The second-order valence-corrected chi connectivity index (χ2v) is 7.91. The second kappa shape index (κ2) is 8.89. The van der Waals surface area contributed by atoms with E-state index in [4.69, 9.17) is 9.47 Å². The Morgan fingerprint density at radius 3 is 2.65 bits per heavy atom. The Morgan fingerprint density at radius 2 is 1.97 bits per heavy atom. The molecular weight excluding hydrogens is 396 g/mol. The van der Waals surface area contributed by atoms with E-state index < -0.39 is 0 Å². The number of fused-ring (bicyclic) bond motifs is 1. The van der Waals surface area contributed by atoms with Gasteiger partial charge in [-0.05, 0) is 32.8 Å². The van der Waals surface area contributed by atoms with Crippen molar-refractivity contribution >= 4 is 34.5 Å². The first-order valence-electron chi connectivity index (χ1n) is 10.5. The highest BCUT2D eigenvalue weighted by molar-refractivity contribution is 6.04. The minimum atomic E-state index is -0.371. The van der Waals surface area contributed by atoms with Crippen molar-refractivity contribution in [3.63, 3.8) is 0 Å². The van der Waals surface area contributed by atoms with E-state index in [2.05, 4.69) is 39.0 Å². The number of methoxy groups -OCH3 is 2. The highest BCUT2D eigenvalue weighted by Crippen LogP contribution is 2.28. The third-order valence-electron chi connectivity index (χ3n) is 5.64. The van der Waals surface area contributed by atoms with Gasteiger partial charge in [-0.2, -0.15) is 4.98 Å². The number of aromatic nitrogens is 4. The Kier molecular flexibility index (Phi) is 6.03. The maximum Gasteiger partial charge on any atom is 0.340 e. The first kappa shape index (κ1) is 21.0. The summed E-state index contributed by atoms with van der Waals surface area (Å²) < 4.78 is 12.4. The van der Waals surface area contributed by atoms with E-state index in [1.54, 1.807) is 19.5 Å². The van der Waals surface area contributed by atoms with Crippen molar-refractivity contribution in [2.24, 2.45) is 0 Å². The topological polar surface area (TPSA) is 94.4 Å². The zero-order valence-electron chi connectivity index (χ0n) is 18.3. The molecule has 9 heteroatoms. The van der Waals surface area contributed by atoms with E-state index >= 15 is 0 Å². The van der Waals surface area contributed by atoms with E-state index in [0.29, 0.717) is 29.3 Å². The molecule has 0 spiro atoms. The SMILES string of the molecule is COC(=O)c1cn(C(C)C)c2cc(Nc3ccnc(N4CCC(OC)CC4)n3)ncc12. The van der Waals surface area contributed by atoms with Crippen LogP contribution in [0.5, 0.6) is 0 Å². The van der Waals surface area contributed by atoms with Gasteiger partial charge in [0.15, 0.2) is 0 Å². The Bertz CT molecular complexity index is 1070. The Hall–Kier alpha value is -3.20. The largest absolute Gasteiger partial charge is 0.465 e. The number of hydrogen-bond acceptors (Lipinski definition) is 8. The van der Waals surface area contributed by atoms with Gasteiger partial charge in [-0.25, -0.2) is 14.8 Å². The maximum atomic E-state index is 12.2. The van der Waals surface area contributed by atoms with Crippen LogP contribution in [0.25, 0.3) is 10.9 Å². The minimum Gasteiger partial charge on any atom is -0.465 e. The fourth-order valence-electron chi connectivity index (χ4n) is 3.91. The van der Waals surface area contributed by atoms with Crippen LogP contribution in [-0.4, -0.2) is 58.9 Å². The van der Waals surface area contributed by atoms with Gasteiger partial charge in [0.25, 0.3) is 0 Å². The molecule has 0 amide bonds. The normalized spacial score (nSPS) is 14.9. The van der Waals surface area contributed by atoms with Crippen molar-refractivity contribution in [2.75, 3.05) is 37.5 Å². The molecule has 0 aliphatic carbocycles. The van der Waals surface area contributed by atoms with E-state index in [-0.39, 0.29) is 12.0 Å². The van der Waals surface area contributed by atoms with Crippen molar-refractivity contribution in [1.82, 2.24) is 19.5 Å². The van der Waals surface area contributed by atoms with Crippen LogP contribution in [0.3, 0.4) is 0 Å². The summed E-state index contributed by atoms with van der Waals surface area (Å²) >= 11 is 0. The van der Waals surface area contributed by atoms with Gasteiger partial charge in [-0.1, -0.05) is 0 Å². The predicted octanol–water partition coefficient (Wildman–Crippen LogP) is 3.55. The number of rotatable bonds is 6. The molecule has 0 unspecified atom stereocenters. The third-order valence-corrected chi connectivity index (χ3v) is 5.64. The quantitative estimate of drug-likeness (QED) is 0.601. The highest BCUT2D eigenvalue weighted by atomic mass is 16.5. The standard InChI is InChI=1S/C22H28N6O3/c1-14(2)28-13-17(21(29)31-4)16-12-24-20(11-18(16)28)25-19-5-8-23-22(26-19)27-9-6-15(30-3)7-10-27/h5,8,11-15H,6-7,9-10H2,1-4H3,(H,23,24,25,26). The van der Waals surface area contributed by atoms with Gasteiger partial charge in [0.1, 0.15) is 11.6 Å². The number of ether oxygens (including phenoxy) is 2. The predicted molar refractivity (Wildman–Crippen MR) is 119 cm³/mol. The molecule has 0 aromatic carbocycles. The van der Waals surface area contributed by atoms with E-state index in [1.165, 1.54) is 7.11 Å². The van der Waals surface area contributed by atoms with Crippen LogP contribution in [0.4, 0.5) is 17.6 Å². The van der Waals surface area contributed by atoms with E-state index in [0.717, 1.165) is 36.8 Å². The molecule has 3 aromatic heterocycles. The molecule has 31 heavy (non-hydrogen) atoms. The summed E-state index contributed by atoms with van der Waals surface area (Å²) in [6, 6.07) is 3.92. The Morgan fingerprint density at radius 1 is 1.19 bits per heavy atom. The van der Waals surface area contributed by atoms with E-state index in [1.807, 2.05) is 22.9 Å². The highest BCUT2D eigenvalue weighted by Gasteiger charge is 2.21. The van der Waals surface area contributed by atoms with Crippen LogP contribution in [0.1, 0.15) is 43.1 Å². The average Bonchev–Trinajstić information content (AvgIpc) is 3.18. The molecule has 0 atom stereocenters. The van der Waals surface area contributed by atoms with Crippen LogP contribution in [0, 0.1) is 0 Å². The number of carbonyl (C=O) groups excluding carboxylic acids is 1. The van der Waals surface area contributed by atoms with Crippen LogP contribution < -0.4 is 10.2 Å². The molecule has 9 nitrogen and oxygen atoms in total. The molecule has 1 saturated heterocycles. The molecule has 1 aliphatic rings. The number of anilines is 3. The molecule has 3 aromatic rings. The number of pyridine rings is 1. The van der Waals surface area contributed by atoms with Gasteiger partial charge in [-0.15, -0.1) is 0 Å². The number of carbonyl (C=O) groups is 1. The molecule has 0 radical (unpaired) electrons. The first-order chi connectivity index (χ1) is 15.0. The lowest BCUT2D eigenvalue weighted by atomic mass is 10.1. The monoisotopic (exact) mass is 424 g/mol. The summed E-state index contributed by atoms with van der Waals surface area (Å²) in [5.41, 5.74) is 1.41. The third kappa shape index (κ3) is 4.32. The summed E-state index contributed by atoms with van der Waals surface area (Å²) in [5.74, 6) is 1.64. The summed E-state index contributed by atoms with van der Waals surface area (Å²) in [6.45, 7) is 5.86. The summed E-state index contributed by atoms with van der Waals surface area (Å²) in [4.78, 5) is 27.9. The smallest absolute Gasteiger partial charge is 0.340 e. The Balaban J connectivity index is 1.59. The second-order valence-electron chi connectivity index (χ2n) is 7.91. The Labute approximate surface area is 181 Å². The fraction of sp³-hybridized carbons (Fsp3) is 0.455. The summed E-state index contributed by atoms with van der Waals surface area (Å²) in [5, 5.41) is 4.03. The van der Waals surface area contributed by atoms with Gasteiger partial charge < -0.3 is 24.3 Å². The maximum absolute atomic E-state index is 12.2. The molecule has 1 aliphatic heterocycles. The number of nitrogens with zero attached hydrogens (tertiary/aromatic N) is 5. The zero-order chi connectivity index (χ0) is 22.0. The molecule has 164 valence electrons. The van der Waals surface area contributed by atoms with Gasteiger partial charge in [0.2, 0.25) is 5.95 Å². The first-order valence-corrected chi connectivity index (χ1v) is 10.5. The lowest BCUT2D eigenvalue weighted by Crippen LogP contribution is -2.37. The summed E-state index contributed by atoms with van der Waals surface area (Å²) in [6.07, 6.45) is 7.49. The van der Waals surface area contributed by atoms with Crippen LogP contribution in [0.15, 0.2) is 30.7 Å². The van der Waals surface area contributed by atoms with Crippen LogP contribution in [-0.2, 0) is 9.47 Å². The van der Waals surface area contributed by atoms with Crippen molar-refractivity contribution in [3.05, 3.63) is 36.3 Å². The molecule has 0 bridgehead atoms. The van der Waals surface area contributed by atoms with Gasteiger partial charge in [0, 0.05) is 56.3 Å². The molecule has 1 fully saturated rings. The number of hydrogen-bond donors (Lipinski definition) is 1. The van der Waals surface area contributed by atoms with Gasteiger partial charge in [-0.3, -0.25) is 0 Å². The lowest BCUT2D eigenvalue weighted by molar-refractivity contribution is 0.0602.